The van der Waals surface area contributed by atoms with E-state index in [1.54, 1.807) is 11.6 Å². The number of aryl methyl sites for hydroxylation is 2. The lowest BCUT2D eigenvalue weighted by molar-refractivity contribution is -0.384. The zero-order valence-corrected chi connectivity index (χ0v) is 12.6. The third kappa shape index (κ3) is 2.92. The first-order valence-corrected chi connectivity index (χ1v) is 7.13. The largest absolute Gasteiger partial charge is 0.363 e. The Hall–Kier alpha value is -1.63. The van der Waals surface area contributed by atoms with Gasteiger partial charge in [-0.15, -0.1) is 0 Å². The molecule has 0 saturated heterocycles. The van der Waals surface area contributed by atoms with Gasteiger partial charge in [0.25, 0.3) is 0 Å². The minimum atomic E-state index is -0.355. The number of hydrogen-bond acceptors (Lipinski definition) is 5. The third-order valence-corrected chi connectivity index (χ3v) is 3.96. The van der Waals surface area contributed by atoms with Crippen LogP contribution in [0, 0.1) is 17.0 Å². The number of hydrogen-bond donors (Lipinski definition) is 1. The maximum atomic E-state index is 11.2. The van der Waals surface area contributed by atoms with Crippen LogP contribution in [0.2, 0.25) is 0 Å². The van der Waals surface area contributed by atoms with E-state index in [1.165, 1.54) is 12.8 Å². The SMILES string of the molecule is CCn1nc(C)c([N+](=O)[O-])c1NCC(C)N(C)C1CC1. The van der Waals surface area contributed by atoms with Crippen LogP contribution in [0.25, 0.3) is 0 Å². The molecule has 112 valence electrons. The van der Waals surface area contributed by atoms with Crippen molar-refractivity contribution in [3.63, 3.8) is 0 Å². The number of nitro groups is 1. The molecule has 7 nitrogen and oxygen atoms in total. The van der Waals surface area contributed by atoms with Crippen molar-refractivity contribution in [3.05, 3.63) is 15.8 Å². The maximum absolute atomic E-state index is 11.2. The first kappa shape index (κ1) is 14.8. The van der Waals surface area contributed by atoms with Crippen LogP contribution in [0.3, 0.4) is 0 Å². The van der Waals surface area contributed by atoms with E-state index in [-0.39, 0.29) is 10.6 Å². The van der Waals surface area contributed by atoms with Crippen LogP contribution in [0.4, 0.5) is 11.5 Å². The van der Waals surface area contributed by atoms with Crippen molar-refractivity contribution in [2.45, 2.75) is 52.2 Å². The Balaban J connectivity index is 2.09. The van der Waals surface area contributed by atoms with Gasteiger partial charge in [-0.3, -0.25) is 15.0 Å². The van der Waals surface area contributed by atoms with Crippen molar-refractivity contribution in [1.29, 1.82) is 0 Å². The molecule has 0 spiro atoms. The first-order chi connectivity index (χ1) is 9.45. The van der Waals surface area contributed by atoms with Crippen molar-refractivity contribution in [1.82, 2.24) is 14.7 Å². The molecular formula is C13H23N5O2. The fraction of sp³-hybridized carbons (Fsp3) is 0.769. The molecule has 0 radical (unpaired) electrons. The minimum absolute atomic E-state index is 0.0909. The molecule has 1 atom stereocenters. The van der Waals surface area contributed by atoms with Crippen molar-refractivity contribution in [3.8, 4) is 0 Å². The van der Waals surface area contributed by atoms with Crippen LogP contribution in [0.5, 0.6) is 0 Å². The van der Waals surface area contributed by atoms with E-state index in [4.69, 9.17) is 0 Å². The quantitative estimate of drug-likeness (QED) is 0.611. The molecule has 2 rings (SSSR count). The van der Waals surface area contributed by atoms with E-state index >= 15 is 0 Å². The molecule has 1 fully saturated rings. The number of rotatable bonds is 7. The van der Waals surface area contributed by atoms with Crippen molar-refractivity contribution >= 4 is 11.5 Å². The second kappa shape index (κ2) is 5.78. The molecule has 1 aromatic heterocycles. The first-order valence-electron chi connectivity index (χ1n) is 7.13. The summed E-state index contributed by atoms with van der Waals surface area (Å²) < 4.78 is 1.66. The summed E-state index contributed by atoms with van der Waals surface area (Å²) in [7, 11) is 2.11. The normalized spacial score (nSPS) is 16.4. The lowest BCUT2D eigenvalue weighted by atomic mass is 10.3. The lowest BCUT2D eigenvalue weighted by Gasteiger charge is -2.24. The predicted molar refractivity (Wildman–Crippen MR) is 78.0 cm³/mol. The number of anilines is 1. The summed E-state index contributed by atoms with van der Waals surface area (Å²) in [5.74, 6) is 0.519. The zero-order chi connectivity index (χ0) is 14.9. The molecule has 1 heterocycles. The summed E-state index contributed by atoms with van der Waals surface area (Å²) in [5.41, 5.74) is 0.552. The molecule has 0 bridgehead atoms. The Bertz CT molecular complexity index is 495. The van der Waals surface area contributed by atoms with Gasteiger partial charge in [0.15, 0.2) is 0 Å². The Labute approximate surface area is 119 Å². The Kier molecular flexibility index (Phi) is 4.27. The van der Waals surface area contributed by atoms with Crippen molar-refractivity contribution in [2.24, 2.45) is 0 Å². The molecular weight excluding hydrogens is 258 g/mol. The van der Waals surface area contributed by atoms with Crippen LogP contribution in [0.1, 0.15) is 32.4 Å². The van der Waals surface area contributed by atoms with Crippen LogP contribution in [-0.4, -0.2) is 45.3 Å². The van der Waals surface area contributed by atoms with Crippen LogP contribution >= 0.6 is 0 Å². The van der Waals surface area contributed by atoms with Crippen molar-refractivity contribution in [2.75, 3.05) is 18.9 Å². The molecule has 1 aliphatic rings. The summed E-state index contributed by atoms with van der Waals surface area (Å²) >= 11 is 0. The minimum Gasteiger partial charge on any atom is -0.363 e. The molecule has 0 amide bonds. The summed E-state index contributed by atoms with van der Waals surface area (Å²) in [4.78, 5) is 13.1. The van der Waals surface area contributed by atoms with Crippen LogP contribution in [-0.2, 0) is 6.54 Å². The highest BCUT2D eigenvalue weighted by Crippen LogP contribution is 2.29. The third-order valence-electron chi connectivity index (χ3n) is 3.96. The smallest absolute Gasteiger partial charge is 0.333 e. The van der Waals surface area contributed by atoms with Gasteiger partial charge in [-0.05, 0) is 40.7 Å². The Morgan fingerprint density at radius 2 is 2.25 bits per heavy atom. The van der Waals surface area contributed by atoms with E-state index in [0.717, 1.165) is 0 Å². The fourth-order valence-electron chi connectivity index (χ4n) is 2.42. The average molecular weight is 281 g/mol. The zero-order valence-electron chi connectivity index (χ0n) is 12.6. The molecule has 1 unspecified atom stereocenters. The highest BCUT2D eigenvalue weighted by molar-refractivity contribution is 5.59. The molecule has 0 aromatic carbocycles. The van der Waals surface area contributed by atoms with Gasteiger partial charge in [-0.25, -0.2) is 4.68 Å². The van der Waals surface area contributed by atoms with Crippen LogP contribution < -0.4 is 5.32 Å². The van der Waals surface area contributed by atoms with Gasteiger partial charge < -0.3 is 5.32 Å². The maximum Gasteiger partial charge on any atom is 0.333 e. The molecule has 7 heteroatoms. The van der Waals surface area contributed by atoms with E-state index in [9.17, 15) is 10.1 Å². The van der Waals surface area contributed by atoms with Gasteiger partial charge in [-0.1, -0.05) is 0 Å². The Morgan fingerprint density at radius 1 is 1.60 bits per heavy atom. The Morgan fingerprint density at radius 3 is 2.75 bits per heavy atom. The number of aromatic nitrogens is 2. The standard InChI is InChI=1S/C13H23N5O2/c1-5-17-13(12(18(19)20)10(3)15-17)14-8-9(2)16(4)11-6-7-11/h9,11,14H,5-8H2,1-4H3. The van der Waals surface area contributed by atoms with Gasteiger partial charge >= 0.3 is 5.69 Å². The molecule has 1 N–H and O–H groups in total. The monoisotopic (exact) mass is 281 g/mol. The topological polar surface area (TPSA) is 76.2 Å². The van der Waals surface area contributed by atoms with E-state index in [1.807, 2.05) is 6.92 Å². The number of nitrogens with zero attached hydrogens (tertiary/aromatic N) is 4. The highest BCUT2D eigenvalue weighted by atomic mass is 16.6. The fourth-order valence-corrected chi connectivity index (χ4v) is 2.42. The molecule has 1 saturated carbocycles. The van der Waals surface area contributed by atoms with Crippen molar-refractivity contribution < 1.29 is 4.92 Å². The van der Waals surface area contributed by atoms with Gasteiger partial charge in [0, 0.05) is 25.2 Å². The molecule has 1 aromatic rings. The van der Waals surface area contributed by atoms with Gasteiger partial charge in [0.1, 0.15) is 5.69 Å². The van der Waals surface area contributed by atoms with Gasteiger partial charge in [0.05, 0.1) is 4.92 Å². The molecule has 0 aliphatic heterocycles. The number of nitrogens with one attached hydrogen (secondary N) is 1. The van der Waals surface area contributed by atoms with Gasteiger partial charge in [-0.2, -0.15) is 5.10 Å². The predicted octanol–water partition coefficient (Wildman–Crippen LogP) is 2.01. The van der Waals surface area contributed by atoms with Crippen LogP contribution in [0.15, 0.2) is 0 Å². The average Bonchev–Trinajstić information content (AvgIpc) is 3.18. The summed E-state index contributed by atoms with van der Waals surface area (Å²) in [6.45, 7) is 7.04. The van der Waals surface area contributed by atoms with E-state index in [0.29, 0.717) is 36.7 Å². The van der Waals surface area contributed by atoms with E-state index < -0.39 is 0 Å². The van der Waals surface area contributed by atoms with E-state index in [2.05, 4.69) is 29.3 Å². The summed E-state index contributed by atoms with van der Waals surface area (Å²) in [5, 5.41) is 18.6. The lowest BCUT2D eigenvalue weighted by Crippen LogP contribution is -2.36. The van der Waals surface area contributed by atoms with Gasteiger partial charge in [0.2, 0.25) is 5.82 Å². The highest BCUT2D eigenvalue weighted by Gasteiger charge is 2.30. The molecule has 1 aliphatic carbocycles. The number of likely N-dealkylation sites (N-methyl/N-ethyl adjacent to an activating group) is 1. The second-order valence-corrected chi connectivity index (χ2v) is 5.48. The second-order valence-electron chi connectivity index (χ2n) is 5.48. The summed E-state index contributed by atoms with van der Waals surface area (Å²) in [6, 6.07) is 1.02. The summed E-state index contributed by atoms with van der Waals surface area (Å²) in [6.07, 6.45) is 2.51. The molecule has 20 heavy (non-hydrogen) atoms.